The molecule has 0 aliphatic carbocycles. The van der Waals surface area contributed by atoms with Crippen LogP contribution in [0.5, 0.6) is 11.5 Å². The van der Waals surface area contributed by atoms with Crippen molar-refractivity contribution in [1.82, 2.24) is 4.90 Å². The molecule has 2 heterocycles. The highest BCUT2D eigenvalue weighted by Gasteiger charge is 2.24. The molecule has 1 atom stereocenters. The Morgan fingerprint density at radius 3 is 3.05 bits per heavy atom. The van der Waals surface area contributed by atoms with E-state index in [4.69, 9.17) is 15.9 Å². The number of hydrogen-bond donors (Lipinski definition) is 0. The Kier molecular flexibility index (Phi) is 3.04. The number of benzene rings is 1. The Morgan fingerprint density at radius 2 is 2.21 bits per heavy atom. The molecule has 4 heteroatoms. The maximum absolute atomic E-state index is 12.4. The van der Waals surface area contributed by atoms with E-state index in [0.717, 1.165) is 19.4 Å². The van der Waals surface area contributed by atoms with Gasteiger partial charge in [0.15, 0.2) is 11.5 Å². The van der Waals surface area contributed by atoms with Gasteiger partial charge in [-0.1, -0.05) is 0 Å². The molecule has 19 heavy (non-hydrogen) atoms. The highest BCUT2D eigenvalue weighted by atomic mass is 16.7. The third kappa shape index (κ3) is 2.24. The first-order valence-corrected chi connectivity index (χ1v) is 6.43. The van der Waals surface area contributed by atoms with E-state index in [1.54, 1.807) is 18.2 Å². The number of nitrogens with zero attached hydrogens (tertiary/aromatic N) is 1. The quantitative estimate of drug-likeness (QED) is 0.721. The zero-order valence-electron chi connectivity index (χ0n) is 10.6. The Balaban J connectivity index is 1.78. The largest absolute Gasteiger partial charge is 0.454 e. The number of hydrogen-bond acceptors (Lipinski definition) is 3. The summed E-state index contributed by atoms with van der Waals surface area (Å²) >= 11 is 0. The standard InChI is InChI=1S/C15H15NO3/c1-2-11-4-3-7-16(9-11)15(17)12-5-6-13-14(8-12)19-10-18-13/h1,5-6,8,11H,3-4,7,9-10H2. The molecule has 1 fully saturated rings. The minimum atomic E-state index is 0.0123. The van der Waals surface area contributed by atoms with Crippen LogP contribution < -0.4 is 9.47 Å². The third-order valence-corrected chi connectivity index (χ3v) is 3.56. The summed E-state index contributed by atoms with van der Waals surface area (Å²) in [5.74, 6) is 4.26. The number of carbonyl (C=O) groups is 1. The van der Waals surface area contributed by atoms with Crippen LogP contribution in [-0.4, -0.2) is 30.7 Å². The van der Waals surface area contributed by atoms with Crippen molar-refractivity contribution in [2.24, 2.45) is 5.92 Å². The Morgan fingerprint density at radius 1 is 1.37 bits per heavy atom. The first kappa shape index (κ1) is 11.9. The predicted octanol–water partition coefficient (Wildman–Crippen LogP) is 1.90. The van der Waals surface area contributed by atoms with Crippen molar-refractivity contribution in [3.05, 3.63) is 23.8 Å². The smallest absolute Gasteiger partial charge is 0.254 e. The summed E-state index contributed by atoms with van der Waals surface area (Å²) in [4.78, 5) is 14.2. The van der Waals surface area contributed by atoms with Crippen molar-refractivity contribution in [2.75, 3.05) is 19.9 Å². The van der Waals surface area contributed by atoms with Crippen LogP contribution in [-0.2, 0) is 0 Å². The molecular formula is C15H15NO3. The summed E-state index contributed by atoms with van der Waals surface area (Å²) in [6.07, 6.45) is 7.42. The van der Waals surface area contributed by atoms with Crippen molar-refractivity contribution in [2.45, 2.75) is 12.8 Å². The van der Waals surface area contributed by atoms with Gasteiger partial charge >= 0.3 is 0 Å². The van der Waals surface area contributed by atoms with Crippen LogP contribution in [0.25, 0.3) is 0 Å². The topological polar surface area (TPSA) is 38.8 Å². The molecule has 1 unspecified atom stereocenters. The molecule has 1 aromatic carbocycles. The Labute approximate surface area is 112 Å². The van der Waals surface area contributed by atoms with Crippen molar-refractivity contribution >= 4 is 5.91 Å². The fourth-order valence-electron chi connectivity index (χ4n) is 2.51. The fourth-order valence-corrected chi connectivity index (χ4v) is 2.51. The molecule has 1 aromatic rings. The van der Waals surface area contributed by atoms with E-state index in [2.05, 4.69) is 5.92 Å². The summed E-state index contributed by atoms with van der Waals surface area (Å²) in [5, 5.41) is 0. The number of fused-ring (bicyclic) bond motifs is 1. The molecule has 2 aliphatic rings. The number of piperidine rings is 1. The molecule has 0 spiro atoms. The molecule has 0 radical (unpaired) electrons. The van der Waals surface area contributed by atoms with Gasteiger partial charge in [-0.3, -0.25) is 4.79 Å². The lowest BCUT2D eigenvalue weighted by molar-refractivity contribution is 0.0699. The van der Waals surface area contributed by atoms with Crippen LogP contribution in [0.4, 0.5) is 0 Å². The molecule has 0 saturated carbocycles. The van der Waals surface area contributed by atoms with Gasteiger partial charge in [0.25, 0.3) is 5.91 Å². The number of rotatable bonds is 1. The minimum absolute atomic E-state index is 0.0123. The van der Waals surface area contributed by atoms with E-state index in [-0.39, 0.29) is 18.6 Å². The number of amides is 1. The lowest BCUT2D eigenvalue weighted by Gasteiger charge is -2.30. The van der Waals surface area contributed by atoms with Crippen molar-refractivity contribution in [3.63, 3.8) is 0 Å². The van der Waals surface area contributed by atoms with Crippen LogP contribution in [0.1, 0.15) is 23.2 Å². The molecule has 2 aliphatic heterocycles. The van der Waals surface area contributed by atoms with E-state index in [9.17, 15) is 4.79 Å². The van der Waals surface area contributed by atoms with E-state index in [1.807, 2.05) is 4.90 Å². The molecule has 1 saturated heterocycles. The fraction of sp³-hybridized carbons (Fsp3) is 0.400. The lowest BCUT2D eigenvalue weighted by atomic mass is 9.98. The second-order valence-corrected chi connectivity index (χ2v) is 4.83. The zero-order chi connectivity index (χ0) is 13.2. The average Bonchev–Trinajstić information content (AvgIpc) is 2.94. The van der Waals surface area contributed by atoms with Crippen LogP contribution in [0, 0.1) is 18.3 Å². The maximum atomic E-state index is 12.4. The monoisotopic (exact) mass is 257 g/mol. The number of likely N-dealkylation sites (tertiary alicyclic amines) is 1. The van der Waals surface area contributed by atoms with E-state index in [0.29, 0.717) is 23.6 Å². The van der Waals surface area contributed by atoms with Crippen LogP contribution >= 0.6 is 0 Å². The molecule has 98 valence electrons. The van der Waals surface area contributed by atoms with Gasteiger partial charge in [-0.05, 0) is 31.0 Å². The minimum Gasteiger partial charge on any atom is -0.454 e. The van der Waals surface area contributed by atoms with E-state index in [1.165, 1.54) is 0 Å². The summed E-state index contributed by atoms with van der Waals surface area (Å²) in [6.45, 7) is 1.63. The first-order chi connectivity index (χ1) is 9.28. The van der Waals surface area contributed by atoms with Gasteiger partial charge in [0.05, 0.1) is 0 Å². The average molecular weight is 257 g/mol. The van der Waals surface area contributed by atoms with Gasteiger partial charge in [0.2, 0.25) is 6.79 Å². The van der Waals surface area contributed by atoms with Crippen LogP contribution in [0.15, 0.2) is 18.2 Å². The predicted molar refractivity (Wildman–Crippen MR) is 70.0 cm³/mol. The molecule has 0 aromatic heterocycles. The van der Waals surface area contributed by atoms with E-state index < -0.39 is 0 Å². The van der Waals surface area contributed by atoms with Gasteiger partial charge in [0, 0.05) is 24.6 Å². The number of terminal acetylenes is 1. The molecule has 0 bridgehead atoms. The van der Waals surface area contributed by atoms with Gasteiger partial charge in [-0.15, -0.1) is 12.3 Å². The number of carbonyl (C=O) groups excluding carboxylic acids is 1. The molecule has 3 rings (SSSR count). The molecule has 0 N–H and O–H groups in total. The summed E-state index contributed by atoms with van der Waals surface area (Å²) in [5.41, 5.74) is 0.627. The molecular weight excluding hydrogens is 242 g/mol. The molecule has 4 nitrogen and oxygen atoms in total. The second-order valence-electron chi connectivity index (χ2n) is 4.83. The van der Waals surface area contributed by atoms with Gasteiger partial charge in [-0.25, -0.2) is 0 Å². The van der Waals surface area contributed by atoms with Crippen LogP contribution in [0.2, 0.25) is 0 Å². The molecule has 1 amide bonds. The SMILES string of the molecule is C#CC1CCCN(C(=O)c2ccc3c(c2)OCO3)C1. The van der Waals surface area contributed by atoms with Crippen molar-refractivity contribution in [1.29, 1.82) is 0 Å². The zero-order valence-corrected chi connectivity index (χ0v) is 10.6. The summed E-state index contributed by atoms with van der Waals surface area (Å²) in [7, 11) is 0. The third-order valence-electron chi connectivity index (χ3n) is 3.56. The van der Waals surface area contributed by atoms with Crippen molar-refractivity contribution in [3.8, 4) is 23.8 Å². The highest BCUT2D eigenvalue weighted by molar-refractivity contribution is 5.95. The van der Waals surface area contributed by atoms with Crippen LogP contribution in [0.3, 0.4) is 0 Å². The van der Waals surface area contributed by atoms with Crippen molar-refractivity contribution < 1.29 is 14.3 Å². The number of ether oxygens (including phenoxy) is 2. The maximum Gasteiger partial charge on any atom is 0.254 e. The van der Waals surface area contributed by atoms with Gasteiger partial charge < -0.3 is 14.4 Å². The Hall–Kier alpha value is -2.15. The summed E-state index contributed by atoms with van der Waals surface area (Å²) in [6, 6.07) is 5.29. The van der Waals surface area contributed by atoms with Gasteiger partial charge in [0.1, 0.15) is 0 Å². The normalized spacial score (nSPS) is 21.0. The lowest BCUT2D eigenvalue weighted by Crippen LogP contribution is -2.39. The first-order valence-electron chi connectivity index (χ1n) is 6.43. The highest BCUT2D eigenvalue weighted by Crippen LogP contribution is 2.33. The Bertz CT molecular complexity index is 547. The second kappa shape index (κ2) is 4.85. The summed E-state index contributed by atoms with van der Waals surface area (Å²) < 4.78 is 10.5. The van der Waals surface area contributed by atoms with E-state index >= 15 is 0 Å². The van der Waals surface area contributed by atoms with Gasteiger partial charge in [-0.2, -0.15) is 0 Å².